The third kappa shape index (κ3) is 2.33. The number of carboxylic acid groups (broad SMARTS) is 1. The third-order valence-electron chi connectivity index (χ3n) is 4.35. The maximum atomic E-state index is 12.8. The van der Waals surface area contributed by atoms with Crippen LogP contribution in [0, 0.1) is 5.41 Å². The first-order chi connectivity index (χ1) is 9.61. The van der Waals surface area contributed by atoms with E-state index in [1.807, 2.05) is 26.6 Å². The van der Waals surface area contributed by atoms with Crippen LogP contribution in [0.1, 0.15) is 19.3 Å². The van der Waals surface area contributed by atoms with Crippen LogP contribution < -0.4 is 4.90 Å². The SMILES string of the molecule is O=C(O)CN1CCC[C@]2(CCN(c3ccsc3)C2=O)C1. The first-order valence-corrected chi connectivity index (χ1v) is 7.83. The molecule has 0 bridgehead atoms. The Kier molecular flexibility index (Phi) is 3.52. The van der Waals surface area contributed by atoms with Crippen molar-refractivity contribution in [2.45, 2.75) is 19.3 Å². The van der Waals surface area contributed by atoms with Gasteiger partial charge in [-0.05, 0) is 37.3 Å². The number of anilines is 1. The molecule has 5 nitrogen and oxygen atoms in total. The van der Waals surface area contributed by atoms with Gasteiger partial charge in [0, 0.05) is 18.5 Å². The first-order valence-electron chi connectivity index (χ1n) is 6.89. The molecule has 3 heterocycles. The van der Waals surface area contributed by atoms with Crippen molar-refractivity contribution in [3.05, 3.63) is 16.8 Å². The van der Waals surface area contributed by atoms with Crippen molar-refractivity contribution in [1.29, 1.82) is 0 Å². The fourth-order valence-electron chi connectivity index (χ4n) is 3.41. The molecule has 0 radical (unpaired) electrons. The van der Waals surface area contributed by atoms with Crippen LogP contribution in [0.15, 0.2) is 16.8 Å². The third-order valence-corrected chi connectivity index (χ3v) is 5.02. The van der Waals surface area contributed by atoms with Crippen LogP contribution in [-0.2, 0) is 9.59 Å². The predicted molar refractivity (Wildman–Crippen MR) is 77.0 cm³/mol. The number of amides is 1. The summed E-state index contributed by atoms with van der Waals surface area (Å²) in [5.74, 6) is -0.645. The van der Waals surface area contributed by atoms with E-state index in [-0.39, 0.29) is 17.9 Å². The average molecular weight is 294 g/mol. The predicted octanol–water partition coefficient (Wildman–Crippen LogP) is 1.65. The zero-order valence-electron chi connectivity index (χ0n) is 11.2. The Hall–Kier alpha value is -1.40. The summed E-state index contributed by atoms with van der Waals surface area (Å²) < 4.78 is 0. The topological polar surface area (TPSA) is 60.9 Å². The quantitative estimate of drug-likeness (QED) is 0.921. The van der Waals surface area contributed by atoms with E-state index in [1.54, 1.807) is 11.3 Å². The smallest absolute Gasteiger partial charge is 0.317 e. The highest BCUT2D eigenvalue weighted by Crippen LogP contribution is 2.42. The zero-order chi connectivity index (χ0) is 14.2. The van der Waals surface area contributed by atoms with Gasteiger partial charge in [-0.2, -0.15) is 11.3 Å². The summed E-state index contributed by atoms with van der Waals surface area (Å²) >= 11 is 1.59. The summed E-state index contributed by atoms with van der Waals surface area (Å²) in [5, 5.41) is 12.9. The number of nitrogens with zero attached hydrogens (tertiary/aromatic N) is 2. The molecule has 0 aliphatic carbocycles. The fourth-order valence-corrected chi connectivity index (χ4v) is 4.05. The second-order valence-electron chi connectivity index (χ2n) is 5.68. The lowest BCUT2D eigenvalue weighted by Crippen LogP contribution is -2.49. The van der Waals surface area contributed by atoms with Crippen molar-refractivity contribution in [2.24, 2.45) is 5.41 Å². The van der Waals surface area contributed by atoms with Gasteiger partial charge in [0.25, 0.3) is 0 Å². The number of piperidine rings is 1. The molecule has 0 saturated carbocycles. The van der Waals surface area contributed by atoms with Gasteiger partial charge in [-0.15, -0.1) is 0 Å². The lowest BCUT2D eigenvalue weighted by atomic mass is 9.78. The van der Waals surface area contributed by atoms with Crippen molar-refractivity contribution in [1.82, 2.24) is 4.90 Å². The van der Waals surface area contributed by atoms with E-state index in [0.29, 0.717) is 6.54 Å². The molecule has 1 aromatic rings. The standard InChI is InChI=1S/C14H18N2O3S/c17-12(18)8-15-5-1-3-14(10-15)4-6-16(13(14)19)11-2-7-20-9-11/h2,7,9H,1,3-6,8,10H2,(H,17,18)/t14-/m0/s1. The van der Waals surface area contributed by atoms with Gasteiger partial charge in [-0.1, -0.05) is 0 Å². The molecule has 1 amide bonds. The van der Waals surface area contributed by atoms with Gasteiger partial charge in [0.1, 0.15) is 0 Å². The molecule has 108 valence electrons. The molecule has 2 fully saturated rings. The van der Waals surface area contributed by atoms with E-state index >= 15 is 0 Å². The summed E-state index contributed by atoms with van der Waals surface area (Å²) in [5.41, 5.74) is 0.613. The molecular formula is C14H18N2O3S. The number of hydrogen-bond donors (Lipinski definition) is 1. The number of aliphatic carboxylic acids is 1. The van der Waals surface area contributed by atoms with Crippen molar-refractivity contribution in [3.63, 3.8) is 0 Å². The lowest BCUT2D eigenvalue weighted by molar-refractivity contribution is -0.140. The van der Waals surface area contributed by atoms with Crippen LogP contribution in [0.25, 0.3) is 0 Å². The number of rotatable bonds is 3. The summed E-state index contributed by atoms with van der Waals surface area (Å²) in [6.45, 7) is 2.14. The highest BCUT2D eigenvalue weighted by atomic mass is 32.1. The minimum absolute atomic E-state index is 0.0352. The van der Waals surface area contributed by atoms with E-state index in [0.717, 1.165) is 38.0 Å². The van der Waals surface area contributed by atoms with Crippen molar-refractivity contribution >= 4 is 28.9 Å². The second-order valence-corrected chi connectivity index (χ2v) is 6.46. The van der Waals surface area contributed by atoms with E-state index in [1.165, 1.54) is 0 Å². The van der Waals surface area contributed by atoms with Gasteiger partial charge in [-0.3, -0.25) is 14.5 Å². The maximum Gasteiger partial charge on any atom is 0.317 e. The van der Waals surface area contributed by atoms with Crippen molar-refractivity contribution in [3.8, 4) is 0 Å². The number of likely N-dealkylation sites (tertiary alicyclic amines) is 1. The van der Waals surface area contributed by atoms with Gasteiger partial charge in [0.05, 0.1) is 17.6 Å². The lowest BCUT2D eigenvalue weighted by Gasteiger charge is -2.38. The van der Waals surface area contributed by atoms with Crippen LogP contribution in [-0.4, -0.2) is 48.1 Å². The number of carbonyl (C=O) groups is 2. The Bertz CT molecular complexity index is 516. The molecule has 20 heavy (non-hydrogen) atoms. The minimum atomic E-state index is -0.817. The highest BCUT2D eigenvalue weighted by Gasteiger charge is 2.49. The molecule has 1 aromatic heterocycles. The van der Waals surface area contributed by atoms with Gasteiger partial charge in [0.2, 0.25) is 5.91 Å². The van der Waals surface area contributed by atoms with Crippen LogP contribution in [0.2, 0.25) is 0 Å². The molecule has 1 spiro atoms. The van der Waals surface area contributed by atoms with Crippen molar-refractivity contribution < 1.29 is 14.7 Å². The highest BCUT2D eigenvalue weighted by molar-refractivity contribution is 7.08. The Balaban J connectivity index is 1.76. The Morgan fingerprint density at radius 1 is 1.40 bits per heavy atom. The average Bonchev–Trinajstić information content (AvgIpc) is 3.00. The summed E-state index contributed by atoms with van der Waals surface area (Å²) in [7, 11) is 0. The van der Waals surface area contributed by atoms with Gasteiger partial charge in [-0.25, -0.2) is 0 Å². The fraction of sp³-hybridized carbons (Fsp3) is 0.571. The molecule has 1 atom stereocenters. The Morgan fingerprint density at radius 2 is 2.25 bits per heavy atom. The molecule has 0 aromatic carbocycles. The van der Waals surface area contributed by atoms with E-state index in [9.17, 15) is 9.59 Å². The van der Waals surface area contributed by atoms with E-state index in [4.69, 9.17) is 5.11 Å². The Morgan fingerprint density at radius 3 is 2.95 bits per heavy atom. The number of carboxylic acids is 1. The molecule has 6 heteroatoms. The Labute approximate surface area is 121 Å². The van der Waals surface area contributed by atoms with Crippen LogP contribution >= 0.6 is 11.3 Å². The molecule has 2 aliphatic rings. The second kappa shape index (κ2) is 5.18. The van der Waals surface area contributed by atoms with Gasteiger partial charge in [0.15, 0.2) is 0 Å². The summed E-state index contributed by atoms with van der Waals surface area (Å²) in [4.78, 5) is 27.4. The molecule has 3 rings (SSSR count). The number of thiophene rings is 1. The summed E-state index contributed by atoms with van der Waals surface area (Å²) in [6.07, 6.45) is 2.61. The molecule has 2 aliphatic heterocycles. The summed E-state index contributed by atoms with van der Waals surface area (Å²) in [6, 6.07) is 1.97. The number of carbonyl (C=O) groups excluding carboxylic acids is 1. The van der Waals surface area contributed by atoms with Crippen LogP contribution in [0.5, 0.6) is 0 Å². The zero-order valence-corrected chi connectivity index (χ0v) is 12.1. The van der Waals surface area contributed by atoms with Crippen molar-refractivity contribution in [2.75, 3.05) is 31.1 Å². The molecule has 0 unspecified atom stereocenters. The molecular weight excluding hydrogens is 276 g/mol. The van der Waals surface area contributed by atoms with Gasteiger partial charge < -0.3 is 10.0 Å². The minimum Gasteiger partial charge on any atom is -0.480 e. The monoisotopic (exact) mass is 294 g/mol. The molecule has 2 saturated heterocycles. The number of hydrogen-bond acceptors (Lipinski definition) is 4. The van der Waals surface area contributed by atoms with Crippen LogP contribution in [0.3, 0.4) is 0 Å². The van der Waals surface area contributed by atoms with Crippen LogP contribution in [0.4, 0.5) is 5.69 Å². The first kappa shape index (κ1) is 13.6. The van der Waals surface area contributed by atoms with E-state index < -0.39 is 5.97 Å². The van der Waals surface area contributed by atoms with E-state index in [2.05, 4.69) is 0 Å². The molecule has 1 N–H and O–H groups in total. The van der Waals surface area contributed by atoms with Gasteiger partial charge >= 0.3 is 5.97 Å². The maximum absolute atomic E-state index is 12.8. The largest absolute Gasteiger partial charge is 0.480 e. The normalized spacial score (nSPS) is 27.4.